The second kappa shape index (κ2) is 8.01. The van der Waals surface area contributed by atoms with E-state index < -0.39 is 6.04 Å². The lowest BCUT2D eigenvalue weighted by Crippen LogP contribution is -2.31. The molecule has 1 unspecified atom stereocenters. The van der Waals surface area contributed by atoms with Crippen LogP contribution in [-0.2, 0) is 4.79 Å². The van der Waals surface area contributed by atoms with Crippen molar-refractivity contribution in [2.24, 2.45) is 0 Å². The van der Waals surface area contributed by atoms with E-state index >= 15 is 0 Å². The van der Waals surface area contributed by atoms with E-state index in [9.17, 15) is 9.18 Å². The van der Waals surface area contributed by atoms with E-state index in [2.05, 4.69) is 20.6 Å². The first-order chi connectivity index (χ1) is 15.5. The molecule has 0 radical (unpaired) electrons. The first-order valence-electron chi connectivity index (χ1n) is 9.98. The number of allylic oxidation sites excluding steroid dienone is 1. The van der Waals surface area contributed by atoms with Gasteiger partial charge in [-0.15, -0.1) is 16.4 Å². The summed E-state index contributed by atoms with van der Waals surface area (Å²) in [6, 6.07) is 12.9. The third-order valence-electron chi connectivity index (χ3n) is 5.26. The number of pyridine rings is 1. The predicted octanol–water partition coefficient (Wildman–Crippen LogP) is 4.78. The van der Waals surface area contributed by atoms with E-state index in [0.717, 1.165) is 10.4 Å². The van der Waals surface area contributed by atoms with E-state index in [0.29, 0.717) is 34.4 Å². The molecule has 1 atom stereocenters. The van der Waals surface area contributed by atoms with Gasteiger partial charge in [0.15, 0.2) is 5.82 Å². The highest BCUT2D eigenvalue weighted by Gasteiger charge is 2.36. The second-order valence-electron chi connectivity index (χ2n) is 7.41. The highest BCUT2D eigenvalue weighted by Crippen LogP contribution is 2.40. The number of benzene rings is 1. The summed E-state index contributed by atoms with van der Waals surface area (Å²) in [7, 11) is 0. The van der Waals surface area contributed by atoms with Gasteiger partial charge in [-0.05, 0) is 67.3 Å². The van der Waals surface area contributed by atoms with Gasteiger partial charge in [-0.2, -0.15) is 4.98 Å². The number of aromatic nitrogens is 4. The zero-order valence-electron chi connectivity index (χ0n) is 17.3. The van der Waals surface area contributed by atoms with Crippen molar-refractivity contribution in [3.05, 3.63) is 87.6 Å². The van der Waals surface area contributed by atoms with Crippen LogP contribution in [0.15, 0.2) is 71.4 Å². The largest absolute Gasteiger partial charge is 0.328 e. The molecule has 1 amide bonds. The lowest BCUT2D eigenvalue weighted by atomic mass is 9.99. The van der Waals surface area contributed by atoms with Gasteiger partial charge in [0.05, 0.1) is 5.57 Å². The molecule has 0 spiro atoms. The van der Waals surface area contributed by atoms with Crippen LogP contribution in [0, 0.1) is 12.7 Å². The van der Waals surface area contributed by atoms with Gasteiger partial charge in [0.25, 0.3) is 5.91 Å². The minimum Gasteiger partial charge on any atom is -0.328 e. The van der Waals surface area contributed by atoms with Crippen LogP contribution in [0.5, 0.6) is 0 Å². The molecule has 32 heavy (non-hydrogen) atoms. The standard InChI is InChI=1S/C23H19FN6OS/c1-13-10-12-32-20(13)19-18(22(31)27-17-5-3-4-11-25-17)14(2)26-23-28-21(29-30(19)23)15-6-8-16(24)9-7-15/h3-12,19H,1-2H3,(H,25,27,31)(H,26,28,29). The fourth-order valence-corrected chi connectivity index (χ4v) is 4.71. The number of carbonyl (C=O) groups excluding carboxylic acids is 1. The Morgan fingerprint density at radius 1 is 1.16 bits per heavy atom. The fraction of sp³-hybridized carbons (Fsp3) is 0.130. The van der Waals surface area contributed by atoms with E-state index in [1.807, 2.05) is 31.4 Å². The molecule has 4 aromatic rings. The minimum absolute atomic E-state index is 0.268. The maximum atomic E-state index is 13.4. The summed E-state index contributed by atoms with van der Waals surface area (Å²) in [6.45, 7) is 3.86. The SMILES string of the molecule is CC1=C(C(=O)Nc2ccccn2)C(c2sccc2C)n2nc(-c3ccc(F)cc3)nc2N1. The Bertz CT molecular complexity index is 1330. The van der Waals surface area contributed by atoms with E-state index in [4.69, 9.17) is 5.10 Å². The molecule has 1 aliphatic rings. The summed E-state index contributed by atoms with van der Waals surface area (Å²) in [5.74, 6) is 0.848. The number of anilines is 2. The van der Waals surface area contributed by atoms with E-state index in [1.165, 1.54) is 12.1 Å². The smallest absolute Gasteiger partial charge is 0.257 e. The van der Waals surface area contributed by atoms with Gasteiger partial charge in [0.1, 0.15) is 17.7 Å². The number of rotatable bonds is 4. The van der Waals surface area contributed by atoms with Crippen molar-refractivity contribution >= 4 is 29.0 Å². The number of thiophene rings is 1. The third-order valence-corrected chi connectivity index (χ3v) is 6.33. The number of halogens is 1. The maximum absolute atomic E-state index is 13.4. The highest BCUT2D eigenvalue weighted by atomic mass is 32.1. The number of hydrogen-bond donors (Lipinski definition) is 2. The summed E-state index contributed by atoms with van der Waals surface area (Å²) < 4.78 is 15.1. The Labute approximate surface area is 187 Å². The molecule has 0 bridgehead atoms. The number of carbonyl (C=O) groups is 1. The number of aryl methyl sites for hydroxylation is 1. The number of nitrogens with zero attached hydrogens (tertiary/aromatic N) is 4. The molecule has 0 saturated heterocycles. The van der Waals surface area contributed by atoms with Crippen LogP contribution in [0.2, 0.25) is 0 Å². The lowest BCUT2D eigenvalue weighted by Gasteiger charge is -2.28. The van der Waals surface area contributed by atoms with E-state index in [1.54, 1.807) is 46.5 Å². The van der Waals surface area contributed by atoms with Gasteiger partial charge in [-0.25, -0.2) is 14.1 Å². The summed E-state index contributed by atoms with van der Waals surface area (Å²) in [5, 5.41) is 12.8. The molecule has 9 heteroatoms. The average Bonchev–Trinajstić information content (AvgIpc) is 3.40. The summed E-state index contributed by atoms with van der Waals surface area (Å²) in [5.41, 5.74) is 2.96. The predicted molar refractivity (Wildman–Crippen MR) is 122 cm³/mol. The van der Waals surface area contributed by atoms with Gasteiger partial charge in [-0.3, -0.25) is 4.79 Å². The fourth-order valence-electron chi connectivity index (χ4n) is 3.69. The molecule has 160 valence electrons. The van der Waals surface area contributed by atoms with E-state index in [-0.39, 0.29) is 11.7 Å². The molecule has 5 rings (SSSR count). The molecule has 3 aromatic heterocycles. The molecule has 0 fully saturated rings. The highest BCUT2D eigenvalue weighted by molar-refractivity contribution is 7.10. The van der Waals surface area contributed by atoms with Crippen molar-refractivity contribution in [1.82, 2.24) is 19.7 Å². The van der Waals surface area contributed by atoms with Crippen LogP contribution in [0.4, 0.5) is 16.2 Å². The van der Waals surface area contributed by atoms with Crippen LogP contribution in [0.3, 0.4) is 0 Å². The zero-order valence-corrected chi connectivity index (χ0v) is 18.2. The van der Waals surface area contributed by atoms with Crippen LogP contribution in [0.25, 0.3) is 11.4 Å². The molecular weight excluding hydrogens is 427 g/mol. The Morgan fingerprint density at radius 2 is 1.97 bits per heavy atom. The minimum atomic E-state index is -0.461. The van der Waals surface area contributed by atoms with Crippen molar-refractivity contribution < 1.29 is 9.18 Å². The molecule has 1 aliphatic heterocycles. The van der Waals surface area contributed by atoms with Gasteiger partial charge in [-0.1, -0.05) is 6.07 Å². The normalized spacial score (nSPS) is 15.3. The summed E-state index contributed by atoms with van der Waals surface area (Å²) in [6.07, 6.45) is 1.63. The lowest BCUT2D eigenvalue weighted by molar-refractivity contribution is -0.113. The molecule has 7 nitrogen and oxygen atoms in total. The second-order valence-corrected chi connectivity index (χ2v) is 8.36. The number of nitrogens with one attached hydrogen (secondary N) is 2. The van der Waals surface area contributed by atoms with Crippen LogP contribution >= 0.6 is 11.3 Å². The number of fused-ring (bicyclic) bond motifs is 1. The first kappa shape index (κ1) is 20.1. The van der Waals surface area contributed by atoms with Gasteiger partial charge >= 0.3 is 0 Å². The summed E-state index contributed by atoms with van der Waals surface area (Å²) >= 11 is 1.56. The van der Waals surface area contributed by atoms with Crippen molar-refractivity contribution in [1.29, 1.82) is 0 Å². The molecule has 2 N–H and O–H groups in total. The van der Waals surface area contributed by atoms with Crippen molar-refractivity contribution in [3.63, 3.8) is 0 Å². The van der Waals surface area contributed by atoms with Crippen molar-refractivity contribution in [2.75, 3.05) is 10.6 Å². The molecule has 4 heterocycles. The third kappa shape index (κ3) is 3.56. The summed E-state index contributed by atoms with van der Waals surface area (Å²) in [4.78, 5) is 23.2. The Kier molecular flexibility index (Phi) is 5.02. The van der Waals surface area contributed by atoms with Crippen molar-refractivity contribution in [3.8, 4) is 11.4 Å². The van der Waals surface area contributed by atoms with Gasteiger partial charge in [0.2, 0.25) is 5.95 Å². The first-order valence-corrected chi connectivity index (χ1v) is 10.9. The Morgan fingerprint density at radius 3 is 2.66 bits per heavy atom. The van der Waals surface area contributed by atoms with Gasteiger partial charge in [0, 0.05) is 22.3 Å². The number of amides is 1. The van der Waals surface area contributed by atoms with Crippen LogP contribution in [0.1, 0.15) is 23.4 Å². The van der Waals surface area contributed by atoms with Crippen LogP contribution < -0.4 is 10.6 Å². The monoisotopic (exact) mass is 446 g/mol. The topological polar surface area (TPSA) is 84.7 Å². The molecule has 0 aliphatic carbocycles. The molecule has 0 saturated carbocycles. The molecular formula is C23H19FN6OS. The van der Waals surface area contributed by atoms with Gasteiger partial charge < -0.3 is 10.6 Å². The Balaban J connectivity index is 1.60. The quantitative estimate of drug-likeness (QED) is 0.471. The molecule has 1 aromatic carbocycles. The zero-order chi connectivity index (χ0) is 22.2. The van der Waals surface area contributed by atoms with Crippen molar-refractivity contribution in [2.45, 2.75) is 19.9 Å². The van der Waals surface area contributed by atoms with Crippen LogP contribution in [-0.4, -0.2) is 25.7 Å². The Hall–Kier alpha value is -3.85. The number of hydrogen-bond acceptors (Lipinski definition) is 6. The average molecular weight is 447 g/mol. The maximum Gasteiger partial charge on any atom is 0.257 e.